The molecule has 2 rings (SSSR count). The lowest BCUT2D eigenvalue weighted by Crippen LogP contribution is -2.39. The zero-order valence-corrected chi connectivity index (χ0v) is 13.1. The molecule has 1 fully saturated rings. The molecule has 1 aromatic rings. The summed E-state index contributed by atoms with van der Waals surface area (Å²) in [5, 5.41) is 3.33. The number of ether oxygens (including phenoxy) is 1. The fourth-order valence-corrected chi connectivity index (χ4v) is 2.68. The van der Waals surface area contributed by atoms with E-state index in [0.29, 0.717) is 13.0 Å². The number of nitrogens with one attached hydrogen (secondary N) is 1. The Morgan fingerprint density at radius 1 is 1.33 bits per heavy atom. The molecule has 21 heavy (non-hydrogen) atoms. The molecule has 116 valence electrons. The number of piperidine rings is 1. The van der Waals surface area contributed by atoms with Crippen LogP contribution in [0.3, 0.4) is 0 Å². The molecule has 1 aliphatic rings. The summed E-state index contributed by atoms with van der Waals surface area (Å²) in [6, 6.07) is 7.96. The van der Waals surface area contributed by atoms with Gasteiger partial charge in [-0.2, -0.15) is 0 Å². The molecule has 0 unspecified atom stereocenters. The van der Waals surface area contributed by atoms with Crippen LogP contribution in [0.1, 0.15) is 31.7 Å². The lowest BCUT2D eigenvalue weighted by atomic mass is 9.99. The third-order valence-electron chi connectivity index (χ3n) is 4.16. The molecular formula is C17H26N2O2. The molecule has 0 atom stereocenters. The van der Waals surface area contributed by atoms with E-state index >= 15 is 0 Å². The molecule has 4 heteroatoms. The van der Waals surface area contributed by atoms with Gasteiger partial charge in [0.25, 0.3) is 0 Å². The van der Waals surface area contributed by atoms with Gasteiger partial charge in [0, 0.05) is 38.2 Å². The molecule has 1 amide bonds. The number of rotatable bonds is 6. The number of para-hydroxylation sites is 1. The van der Waals surface area contributed by atoms with Crippen molar-refractivity contribution >= 4 is 5.91 Å². The number of carbonyl (C=O) groups is 1. The summed E-state index contributed by atoms with van der Waals surface area (Å²) in [5.74, 6) is 1.92. The van der Waals surface area contributed by atoms with Crippen molar-refractivity contribution in [3.05, 3.63) is 29.8 Å². The van der Waals surface area contributed by atoms with Crippen molar-refractivity contribution in [3.8, 4) is 5.75 Å². The lowest BCUT2D eigenvalue weighted by molar-refractivity contribution is -0.132. The minimum absolute atomic E-state index is 0.273. The summed E-state index contributed by atoms with van der Waals surface area (Å²) in [6.45, 7) is 5.55. The van der Waals surface area contributed by atoms with Crippen LogP contribution in [0.4, 0.5) is 0 Å². The third-order valence-corrected chi connectivity index (χ3v) is 4.16. The van der Waals surface area contributed by atoms with E-state index in [-0.39, 0.29) is 5.91 Å². The largest absolute Gasteiger partial charge is 0.496 e. The Balaban J connectivity index is 1.68. The molecule has 0 bridgehead atoms. The predicted molar refractivity (Wildman–Crippen MR) is 84.3 cm³/mol. The van der Waals surface area contributed by atoms with Gasteiger partial charge in [-0.15, -0.1) is 0 Å². The number of hydrogen-bond donors (Lipinski definition) is 1. The molecule has 0 aromatic heterocycles. The quantitative estimate of drug-likeness (QED) is 0.818. The molecule has 1 aliphatic heterocycles. The monoisotopic (exact) mass is 290 g/mol. The minimum Gasteiger partial charge on any atom is -0.496 e. The summed E-state index contributed by atoms with van der Waals surface area (Å²) in [5.41, 5.74) is 1.12. The van der Waals surface area contributed by atoms with Gasteiger partial charge < -0.3 is 15.0 Å². The number of nitrogens with zero attached hydrogens (tertiary/aromatic N) is 1. The van der Waals surface area contributed by atoms with Crippen LogP contribution in [-0.2, 0) is 11.3 Å². The number of hydrogen-bond acceptors (Lipinski definition) is 3. The first-order valence-electron chi connectivity index (χ1n) is 7.81. The molecule has 0 spiro atoms. The number of benzene rings is 1. The van der Waals surface area contributed by atoms with E-state index in [1.807, 2.05) is 29.2 Å². The van der Waals surface area contributed by atoms with Gasteiger partial charge >= 0.3 is 0 Å². The van der Waals surface area contributed by atoms with Crippen LogP contribution in [-0.4, -0.2) is 37.6 Å². The Kier molecular flexibility index (Phi) is 6.05. The Hall–Kier alpha value is -1.55. The normalized spacial score (nSPS) is 16.0. The second-order valence-electron chi connectivity index (χ2n) is 5.80. The molecule has 1 N–H and O–H groups in total. The highest BCUT2D eigenvalue weighted by Gasteiger charge is 2.19. The van der Waals surface area contributed by atoms with Crippen molar-refractivity contribution in [2.75, 3.05) is 26.7 Å². The van der Waals surface area contributed by atoms with Crippen molar-refractivity contribution in [2.24, 2.45) is 5.92 Å². The standard InChI is InChI=1S/C17H26N2O2/c1-14-8-11-19(12-9-14)17(20)7-10-18-13-15-5-3-4-6-16(15)21-2/h3-6,14,18H,7-13H2,1-2H3. The van der Waals surface area contributed by atoms with Gasteiger partial charge in [0.2, 0.25) is 5.91 Å². The van der Waals surface area contributed by atoms with Crippen molar-refractivity contribution < 1.29 is 9.53 Å². The first-order chi connectivity index (χ1) is 10.2. The third kappa shape index (κ3) is 4.74. The number of likely N-dealkylation sites (tertiary alicyclic amines) is 1. The van der Waals surface area contributed by atoms with E-state index in [2.05, 4.69) is 12.2 Å². The lowest BCUT2D eigenvalue weighted by Gasteiger charge is -2.30. The highest BCUT2D eigenvalue weighted by Crippen LogP contribution is 2.17. The molecule has 0 aliphatic carbocycles. The zero-order chi connectivity index (χ0) is 15.1. The molecule has 0 saturated carbocycles. The zero-order valence-electron chi connectivity index (χ0n) is 13.1. The van der Waals surface area contributed by atoms with Crippen LogP contribution >= 0.6 is 0 Å². The summed E-state index contributed by atoms with van der Waals surface area (Å²) < 4.78 is 5.31. The van der Waals surface area contributed by atoms with Crippen molar-refractivity contribution in [2.45, 2.75) is 32.7 Å². The van der Waals surface area contributed by atoms with E-state index in [1.165, 1.54) is 0 Å². The number of methoxy groups -OCH3 is 1. The average molecular weight is 290 g/mol. The van der Waals surface area contributed by atoms with Crippen LogP contribution in [0, 0.1) is 5.92 Å². The second-order valence-corrected chi connectivity index (χ2v) is 5.80. The first kappa shape index (κ1) is 15.8. The molecule has 1 saturated heterocycles. The van der Waals surface area contributed by atoms with Gasteiger partial charge in [0.15, 0.2) is 0 Å². The summed E-state index contributed by atoms with van der Waals surface area (Å²) in [6.07, 6.45) is 2.85. The Morgan fingerprint density at radius 3 is 2.76 bits per heavy atom. The highest BCUT2D eigenvalue weighted by atomic mass is 16.5. The van der Waals surface area contributed by atoms with Gasteiger partial charge in [-0.3, -0.25) is 4.79 Å². The van der Waals surface area contributed by atoms with Crippen molar-refractivity contribution in [1.82, 2.24) is 10.2 Å². The van der Waals surface area contributed by atoms with Crippen LogP contribution < -0.4 is 10.1 Å². The van der Waals surface area contributed by atoms with Gasteiger partial charge in [-0.1, -0.05) is 25.1 Å². The summed E-state index contributed by atoms with van der Waals surface area (Å²) in [7, 11) is 1.68. The van der Waals surface area contributed by atoms with Crippen LogP contribution in [0.5, 0.6) is 5.75 Å². The van der Waals surface area contributed by atoms with E-state index < -0.39 is 0 Å². The smallest absolute Gasteiger partial charge is 0.223 e. The van der Waals surface area contributed by atoms with Gasteiger partial charge in [-0.25, -0.2) is 0 Å². The number of carbonyl (C=O) groups excluding carboxylic acids is 1. The van der Waals surface area contributed by atoms with E-state index in [1.54, 1.807) is 7.11 Å². The van der Waals surface area contributed by atoms with E-state index in [9.17, 15) is 4.79 Å². The molecule has 0 radical (unpaired) electrons. The average Bonchev–Trinajstić information content (AvgIpc) is 2.52. The van der Waals surface area contributed by atoms with Crippen LogP contribution in [0.15, 0.2) is 24.3 Å². The van der Waals surface area contributed by atoms with Crippen LogP contribution in [0.2, 0.25) is 0 Å². The van der Waals surface area contributed by atoms with Gasteiger partial charge in [0.1, 0.15) is 5.75 Å². The first-order valence-corrected chi connectivity index (χ1v) is 7.81. The topological polar surface area (TPSA) is 41.6 Å². The van der Waals surface area contributed by atoms with Gasteiger partial charge in [-0.05, 0) is 24.8 Å². The second kappa shape index (κ2) is 8.03. The SMILES string of the molecule is COc1ccccc1CNCCC(=O)N1CCC(C)CC1. The summed E-state index contributed by atoms with van der Waals surface area (Å²) >= 11 is 0. The van der Waals surface area contributed by atoms with Crippen molar-refractivity contribution in [1.29, 1.82) is 0 Å². The van der Waals surface area contributed by atoms with E-state index in [0.717, 1.165) is 49.7 Å². The maximum atomic E-state index is 12.1. The Bertz CT molecular complexity index is 454. The predicted octanol–water partition coefficient (Wildman–Crippen LogP) is 2.43. The Morgan fingerprint density at radius 2 is 2.05 bits per heavy atom. The van der Waals surface area contributed by atoms with E-state index in [4.69, 9.17) is 4.74 Å². The maximum absolute atomic E-state index is 12.1. The highest BCUT2D eigenvalue weighted by molar-refractivity contribution is 5.76. The molecular weight excluding hydrogens is 264 g/mol. The molecule has 1 aromatic carbocycles. The fourth-order valence-electron chi connectivity index (χ4n) is 2.68. The van der Waals surface area contributed by atoms with Crippen molar-refractivity contribution in [3.63, 3.8) is 0 Å². The fraction of sp³-hybridized carbons (Fsp3) is 0.588. The minimum atomic E-state index is 0.273. The molecule has 4 nitrogen and oxygen atoms in total. The van der Waals surface area contributed by atoms with Crippen LogP contribution in [0.25, 0.3) is 0 Å². The molecule has 1 heterocycles. The maximum Gasteiger partial charge on any atom is 0.223 e. The Labute approximate surface area is 127 Å². The van der Waals surface area contributed by atoms with Gasteiger partial charge in [0.05, 0.1) is 7.11 Å². The number of amides is 1. The summed E-state index contributed by atoms with van der Waals surface area (Å²) in [4.78, 5) is 14.1.